The molecule has 3 aromatic rings. The van der Waals surface area contributed by atoms with Crippen LogP contribution in [0.15, 0.2) is 34.7 Å². The standard InChI is InChI=1S/C11H8ClN2O4P/c12-6-1-2-7-8(5-6)14-11(13-7)9-3-4-10(18-9)19(15,16)17/h1-5H,(H,13,14)(H2,15,16,17). The summed E-state index contributed by atoms with van der Waals surface area (Å²) in [6, 6.07) is 7.85. The van der Waals surface area contributed by atoms with E-state index in [9.17, 15) is 4.57 Å². The minimum absolute atomic E-state index is 0.255. The number of hydrogen-bond donors (Lipinski definition) is 3. The van der Waals surface area contributed by atoms with E-state index in [0.717, 1.165) is 5.52 Å². The molecule has 6 nitrogen and oxygen atoms in total. The molecule has 0 radical (unpaired) electrons. The summed E-state index contributed by atoms with van der Waals surface area (Å²) in [6.07, 6.45) is 0. The van der Waals surface area contributed by atoms with Crippen LogP contribution < -0.4 is 5.50 Å². The van der Waals surface area contributed by atoms with E-state index in [2.05, 4.69) is 9.97 Å². The fourth-order valence-corrected chi connectivity index (χ4v) is 2.36. The number of benzene rings is 1. The number of imidazole rings is 1. The first-order chi connectivity index (χ1) is 8.93. The molecule has 0 saturated carbocycles. The van der Waals surface area contributed by atoms with Gasteiger partial charge in [0.25, 0.3) is 0 Å². The predicted molar refractivity (Wildman–Crippen MR) is 70.5 cm³/mol. The van der Waals surface area contributed by atoms with Crippen molar-refractivity contribution in [2.45, 2.75) is 0 Å². The Hall–Kier alpha value is -1.59. The van der Waals surface area contributed by atoms with Crippen LogP contribution in [0.4, 0.5) is 0 Å². The molecule has 8 heteroatoms. The van der Waals surface area contributed by atoms with Crippen molar-refractivity contribution in [3.8, 4) is 11.6 Å². The van der Waals surface area contributed by atoms with Crippen LogP contribution in [0, 0.1) is 0 Å². The molecule has 2 heterocycles. The lowest BCUT2D eigenvalue weighted by Gasteiger charge is -1.97. The molecule has 1 aromatic carbocycles. The molecule has 0 amide bonds. The SMILES string of the molecule is O=P(O)(O)c1ccc(-c2nc3cc(Cl)ccc3[nH]2)o1. The molecule has 3 N–H and O–H groups in total. The first-order valence-corrected chi connectivity index (χ1v) is 7.24. The monoisotopic (exact) mass is 298 g/mol. The Morgan fingerprint density at radius 1 is 1.26 bits per heavy atom. The number of halogens is 1. The van der Waals surface area contributed by atoms with Crippen LogP contribution in [0.25, 0.3) is 22.6 Å². The molecule has 98 valence electrons. The van der Waals surface area contributed by atoms with Gasteiger partial charge in [-0.15, -0.1) is 0 Å². The summed E-state index contributed by atoms with van der Waals surface area (Å²) < 4.78 is 16.2. The van der Waals surface area contributed by atoms with E-state index in [0.29, 0.717) is 16.4 Å². The number of furan rings is 1. The van der Waals surface area contributed by atoms with Gasteiger partial charge in [0.1, 0.15) is 0 Å². The molecule has 0 aliphatic heterocycles. The number of hydrogen-bond acceptors (Lipinski definition) is 3. The van der Waals surface area contributed by atoms with Crippen molar-refractivity contribution in [2.75, 3.05) is 0 Å². The number of fused-ring (bicyclic) bond motifs is 1. The quantitative estimate of drug-likeness (QED) is 0.630. The van der Waals surface area contributed by atoms with Crippen LogP contribution in [-0.4, -0.2) is 19.8 Å². The normalized spacial score (nSPS) is 12.2. The molecule has 19 heavy (non-hydrogen) atoms. The lowest BCUT2D eigenvalue weighted by atomic mass is 10.3. The van der Waals surface area contributed by atoms with Gasteiger partial charge in [-0.25, -0.2) is 4.98 Å². The Morgan fingerprint density at radius 2 is 2.05 bits per heavy atom. The molecule has 0 atom stereocenters. The van der Waals surface area contributed by atoms with Crippen LogP contribution in [0.2, 0.25) is 5.02 Å². The van der Waals surface area contributed by atoms with Crippen LogP contribution in [-0.2, 0) is 4.57 Å². The largest absolute Gasteiger partial charge is 0.445 e. The summed E-state index contributed by atoms with van der Waals surface area (Å²) in [6.45, 7) is 0. The Kier molecular flexibility index (Phi) is 2.76. The van der Waals surface area contributed by atoms with E-state index in [1.54, 1.807) is 18.2 Å². The average molecular weight is 299 g/mol. The van der Waals surface area contributed by atoms with Gasteiger partial charge in [-0.3, -0.25) is 4.57 Å². The molecule has 0 unspecified atom stereocenters. The second-order valence-electron chi connectivity index (χ2n) is 3.93. The molecule has 2 aromatic heterocycles. The van der Waals surface area contributed by atoms with E-state index in [-0.39, 0.29) is 11.3 Å². The molecule has 0 saturated heterocycles. The van der Waals surface area contributed by atoms with E-state index in [4.69, 9.17) is 25.8 Å². The zero-order valence-corrected chi connectivity index (χ0v) is 11.0. The maximum Gasteiger partial charge on any atom is 0.391 e. The van der Waals surface area contributed by atoms with Crippen LogP contribution in [0.5, 0.6) is 0 Å². The summed E-state index contributed by atoms with van der Waals surface area (Å²) in [4.78, 5) is 25.2. The molecule has 0 aliphatic rings. The minimum atomic E-state index is -4.39. The van der Waals surface area contributed by atoms with Gasteiger partial charge in [0, 0.05) is 5.02 Å². The molecular formula is C11H8ClN2O4P. The second kappa shape index (κ2) is 4.21. The summed E-state index contributed by atoms with van der Waals surface area (Å²) in [5.74, 6) is 0.641. The van der Waals surface area contributed by atoms with Gasteiger partial charge in [-0.2, -0.15) is 0 Å². The lowest BCUT2D eigenvalue weighted by molar-refractivity contribution is 0.377. The lowest BCUT2D eigenvalue weighted by Crippen LogP contribution is -1.98. The molecule has 0 fully saturated rings. The van der Waals surface area contributed by atoms with Gasteiger partial charge in [-0.05, 0) is 30.3 Å². The van der Waals surface area contributed by atoms with Gasteiger partial charge in [0.2, 0.25) is 5.50 Å². The highest BCUT2D eigenvalue weighted by Gasteiger charge is 2.23. The third-order valence-electron chi connectivity index (χ3n) is 2.56. The maximum absolute atomic E-state index is 11.0. The van der Waals surface area contributed by atoms with Crippen molar-refractivity contribution in [1.29, 1.82) is 0 Å². The van der Waals surface area contributed by atoms with Crippen molar-refractivity contribution in [3.63, 3.8) is 0 Å². The summed E-state index contributed by atoms with van der Waals surface area (Å²) >= 11 is 5.86. The zero-order chi connectivity index (χ0) is 13.6. The number of nitrogens with zero attached hydrogens (tertiary/aromatic N) is 1. The maximum atomic E-state index is 11.0. The number of rotatable bonds is 2. The summed E-state index contributed by atoms with van der Waals surface area (Å²) in [5.41, 5.74) is 1.02. The van der Waals surface area contributed by atoms with E-state index in [1.165, 1.54) is 12.1 Å². The zero-order valence-electron chi connectivity index (χ0n) is 9.37. The molecule has 0 bridgehead atoms. The minimum Gasteiger partial charge on any atom is -0.445 e. The third kappa shape index (κ3) is 2.31. The Labute approximate surface area is 112 Å². The highest BCUT2D eigenvalue weighted by atomic mass is 35.5. The predicted octanol–water partition coefficient (Wildman–Crippen LogP) is 2.28. The Morgan fingerprint density at radius 3 is 2.74 bits per heavy atom. The van der Waals surface area contributed by atoms with Crippen molar-refractivity contribution in [2.24, 2.45) is 0 Å². The fourth-order valence-electron chi connectivity index (χ4n) is 1.71. The van der Waals surface area contributed by atoms with E-state index >= 15 is 0 Å². The second-order valence-corrected chi connectivity index (χ2v) is 5.89. The van der Waals surface area contributed by atoms with Gasteiger partial charge >= 0.3 is 7.60 Å². The Bertz CT molecular complexity index is 804. The number of H-pyrrole nitrogens is 1. The van der Waals surface area contributed by atoms with Crippen LogP contribution in [0.3, 0.4) is 0 Å². The Balaban J connectivity index is 2.09. The van der Waals surface area contributed by atoms with E-state index in [1.807, 2.05) is 0 Å². The topological polar surface area (TPSA) is 99.4 Å². The third-order valence-corrected chi connectivity index (χ3v) is 3.61. The van der Waals surface area contributed by atoms with Crippen molar-refractivity contribution in [3.05, 3.63) is 35.4 Å². The summed E-state index contributed by atoms with van der Waals surface area (Å²) in [5, 5.41) is 0.556. The van der Waals surface area contributed by atoms with Gasteiger partial charge in [0.15, 0.2) is 11.6 Å². The molecule has 0 spiro atoms. The van der Waals surface area contributed by atoms with Gasteiger partial charge < -0.3 is 19.2 Å². The van der Waals surface area contributed by atoms with Gasteiger partial charge in [-0.1, -0.05) is 11.6 Å². The van der Waals surface area contributed by atoms with Crippen LogP contribution >= 0.6 is 19.2 Å². The number of aromatic amines is 1. The number of aromatic nitrogens is 2. The van der Waals surface area contributed by atoms with Crippen LogP contribution in [0.1, 0.15) is 0 Å². The molecule has 0 aliphatic carbocycles. The van der Waals surface area contributed by atoms with Crippen molar-refractivity contribution >= 4 is 35.7 Å². The van der Waals surface area contributed by atoms with E-state index < -0.39 is 7.60 Å². The number of nitrogens with one attached hydrogen (secondary N) is 1. The first-order valence-electron chi connectivity index (χ1n) is 5.25. The molecular weight excluding hydrogens is 291 g/mol. The van der Waals surface area contributed by atoms with Crippen molar-refractivity contribution in [1.82, 2.24) is 9.97 Å². The van der Waals surface area contributed by atoms with Gasteiger partial charge in [0.05, 0.1) is 11.0 Å². The average Bonchev–Trinajstić information content (AvgIpc) is 2.92. The smallest absolute Gasteiger partial charge is 0.391 e. The first kappa shape index (κ1) is 12.4. The fraction of sp³-hybridized carbons (Fsp3) is 0. The summed E-state index contributed by atoms with van der Waals surface area (Å²) in [7, 11) is -4.39. The van der Waals surface area contributed by atoms with Crippen molar-refractivity contribution < 1.29 is 18.8 Å². The highest BCUT2D eigenvalue weighted by molar-refractivity contribution is 7.59. The highest BCUT2D eigenvalue weighted by Crippen LogP contribution is 2.35. The molecule has 3 rings (SSSR count).